The number of carbonyl (C=O) groups is 1. The molecule has 0 saturated carbocycles. The van der Waals surface area contributed by atoms with Crippen molar-refractivity contribution in [2.45, 2.75) is 24.6 Å². The molecule has 2 heterocycles. The van der Waals surface area contributed by atoms with E-state index < -0.39 is 30.6 Å². The number of ether oxygens (including phenoxy) is 1. The second-order valence-corrected chi connectivity index (χ2v) is 3.95. The van der Waals surface area contributed by atoms with Gasteiger partial charge in [0.1, 0.15) is 18.3 Å². The van der Waals surface area contributed by atoms with Crippen molar-refractivity contribution in [1.82, 2.24) is 9.97 Å². The molecule has 0 radical (unpaired) electrons. The molecule has 9 heteroatoms. The number of carboxylic acid groups (broad SMARTS) is 1. The number of H-pyrrole nitrogens is 1. The number of nitrogens with zero attached hydrogens (tertiary/aromatic N) is 1. The first-order valence-corrected chi connectivity index (χ1v) is 5.65. The molecule has 0 amide bonds. The van der Waals surface area contributed by atoms with E-state index in [0.717, 1.165) is 6.08 Å². The third-order valence-electron chi connectivity index (χ3n) is 2.40. The zero-order chi connectivity index (χ0) is 15.1. The van der Waals surface area contributed by atoms with Crippen LogP contribution in [0.3, 0.4) is 0 Å². The van der Waals surface area contributed by atoms with Crippen LogP contribution in [0.2, 0.25) is 0 Å². The average molecular weight is 288 g/mol. The number of hydrogen-bond acceptors (Lipinski definition) is 7. The van der Waals surface area contributed by atoms with E-state index in [1.165, 1.54) is 12.4 Å². The SMILES string of the molecule is O=C(O)/C=C/c1cnc[nH]1.OC1OC[C@@H](O)[C@H](O)[C@H]1O. The highest BCUT2D eigenvalue weighted by Crippen LogP contribution is 2.12. The van der Waals surface area contributed by atoms with Crippen molar-refractivity contribution < 1.29 is 35.1 Å². The summed E-state index contributed by atoms with van der Waals surface area (Å²) in [7, 11) is 0. The Balaban J connectivity index is 0.000000200. The van der Waals surface area contributed by atoms with E-state index in [0.29, 0.717) is 5.69 Å². The van der Waals surface area contributed by atoms with Gasteiger partial charge in [-0.1, -0.05) is 0 Å². The number of aliphatic hydroxyl groups is 4. The minimum atomic E-state index is -1.41. The fourth-order valence-corrected chi connectivity index (χ4v) is 1.31. The molecule has 20 heavy (non-hydrogen) atoms. The smallest absolute Gasteiger partial charge is 0.328 e. The zero-order valence-electron chi connectivity index (χ0n) is 10.3. The maximum atomic E-state index is 9.97. The van der Waals surface area contributed by atoms with Crippen molar-refractivity contribution in [3.8, 4) is 0 Å². The second-order valence-electron chi connectivity index (χ2n) is 3.95. The summed E-state index contributed by atoms with van der Waals surface area (Å²) in [5.74, 6) is -0.963. The van der Waals surface area contributed by atoms with Gasteiger partial charge in [-0.15, -0.1) is 0 Å². The van der Waals surface area contributed by atoms with Crippen LogP contribution < -0.4 is 0 Å². The molecule has 6 N–H and O–H groups in total. The van der Waals surface area contributed by atoms with Crippen LogP contribution in [0.1, 0.15) is 5.69 Å². The maximum Gasteiger partial charge on any atom is 0.328 e. The van der Waals surface area contributed by atoms with Crippen LogP contribution >= 0.6 is 0 Å². The number of imidazole rings is 1. The average Bonchev–Trinajstić information content (AvgIpc) is 2.92. The minimum Gasteiger partial charge on any atom is -0.478 e. The molecule has 1 aromatic heterocycles. The third-order valence-corrected chi connectivity index (χ3v) is 2.40. The Morgan fingerprint density at radius 1 is 1.35 bits per heavy atom. The number of rotatable bonds is 2. The monoisotopic (exact) mass is 288 g/mol. The fourth-order valence-electron chi connectivity index (χ4n) is 1.31. The normalized spacial score (nSPS) is 29.8. The molecule has 0 bridgehead atoms. The molecule has 112 valence electrons. The maximum absolute atomic E-state index is 9.97. The predicted molar refractivity (Wildman–Crippen MR) is 65.2 cm³/mol. The lowest BCUT2D eigenvalue weighted by Gasteiger charge is -2.31. The standard InChI is InChI=1S/C6H6N2O2.C5H10O5/c9-6(10)2-1-5-3-7-4-8-5;6-2-1-10-5(9)4(8)3(2)7/h1-4H,(H,7,8)(H,9,10);2-9H,1H2/b2-1+;/t;2-,3+,4-,5?/m.1/s1. The van der Waals surface area contributed by atoms with Crippen molar-refractivity contribution in [2.24, 2.45) is 0 Å². The van der Waals surface area contributed by atoms with Gasteiger partial charge in [0.15, 0.2) is 6.29 Å². The topological polar surface area (TPSA) is 156 Å². The lowest BCUT2D eigenvalue weighted by atomic mass is 10.1. The summed E-state index contributed by atoms with van der Waals surface area (Å²) in [5.41, 5.74) is 0.683. The number of hydrogen-bond donors (Lipinski definition) is 6. The summed E-state index contributed by atoms with van der Waals surface area (Å²) in [5, 5.41) is 43.4. The van der Waals surface area contributed by atoms with Crippen molar-refractivity contribution in [3.63, 3.8) is 0 Å². The molecule has 1 fully saturated rings. The van der Waals surface area contributed by atoms with E-state index in [-0.39, 0.29) is 6.61 Å². The molecule has 0 aromatic carbocycles. The molecular weight excluding hydrogens is 272 g/mol. The van der Waals surface area contributed by atoms with E-state index in [1.807, 2.05) is 0 Å². The summed E-state index contributed by atoms with van der Waals surface area (Å²) in [6.45, 7) is -0.153. The van der Waals surface area contributed by atoms with Gasteiger partial charge < -0.3 is 35.3 Å². The highest BCUT2D eigenvalue weighted by atomic mass is 16.6. The number of aromatic amines is 1. The summed E-state index contributed by atoms with van der Waals surface area (Å²) in [4.78, 5) is 16.4. The van der Waals surface area contributed by atoms with Crippen molar-refractivity contribution in [2.75, 3.05) is 6.61 Å². The van der Waals surface area contributed by atoms with Gasteiger partial charge in [0.2, 0.25) is 0 Å². The molecule has 2 rings (SSSR count). The van der Waals surface area contributed by atoms with Crippen LogP contribution in [0, 0.1) is 0 Å². The Morgan fingerprint density at radius 2 is 2.05 bits per heavy atom. The van der Waals surface area contributed by atoms with Gasteiger partial charge in [0, 0.05) is 6.08 Å². The van der Waals surface area contributed by atoms with E-state index in [1.54, 1.807) is 6.20 Å². The Morgan fingerprint density at radius 3 is 2.55 bits per heavy atom. The predicted octanol–water partition coefficient (Wildman–Crippen LogP) is -2.07. The molecule has 0 aliphatic carbocycles. The molecule has 4 atom stereocenters. The fraction of sp³-hybridized carbons (Fsp3) is 0.455. The first kappa shape index (κ1) is 16.3. The Kier molecular flexibility index (Phi) is 6.28. The van der Waals surface area contributed by atoms with Gasteiger partial charge >= 0.3 is 5.97 Å². The van der Waals surface area contributed by atoms with E-state index in [2.05, 4.69) is 14.7 Å². The largest absolute Gasteiger partial charge is 0.478 e. The first-order valence-electron chi connectivity index (χ1n) is 5.65. The lowest BCUT2D eigenvalue weighted by molar-refractivity contribution is -0.252. The van der Waals surface area contributed by atoms with Gasteiger partial charge in [-0.2, -0.15) is 0 Å². The third kappa shape index (κ3) is 5.07. The molecule has 1 unspecified atom stereocenters. The van der Waals surface area contributed by atoms with Crippen molar-refractivity contribution in [3.05, 3.63) is 24.3 Å². The first-order chi connectivity index (χ1) is 9.41. The minimum absolute atomic E-state index is 0.153. The summed E-state index contributed by atoms with van der Waals surface area (Å²) in [6, 6.07) is 0. The van der Waals surface area contributed by atoms with E-state index in [4.69, 9.17) is 25.5 Å². The van der Waals surface area contributed by atoms with E-state index >= 15 is 0 Å². The Labute approximate surface area is 113 Å². The van der Waals surface area contributed by atoms with Gasteiger partial charge in [-0.25, -0.2) is 9.78 Å². The molecule has 1 aliphatic heterocycles. The zero-order valence-corrected chi connectivity index (χ0v) is 10.3. The van der Waals surface area contributed by atoms with E-state index in [9.17, 15) is 4.79 Å². The Bertz CT molecular complexity index is 420. The van der Waals surface area contributed by atoms with Gasteiger partial charge in [-0.05, 0) is 6.08 Å². The van der Waals surface area contributed by atoms with Crippen LogP contribution in [0.4, 0.5) is 0 Å². The second kappa shape index (κ2) is 7.72. The molecule has 1 aromatic rings. The Hall–Kier alpha value is -1.78. The summed E-state index contributed by atoms with van der Waals surface area (Å²) >= 11 is 0. The van der Waals surface area contributed by atoms with Crippen LogP contribution in [0.15, 0.2) is 18.6 Å². The number of carboxylic acids is 1. The van der Waals surface area contributed by atoms with Crippen LogP contribution in [-0.4, -0.2) is 72.7 Å². The van der Waals surface area contributed by atoms with Crippen LogP contribution in [0.25, 0.3) is 6.08 Å². The van der Waals surface area contributed by atoms with Gasteiger partial charge in [0.25, 0.3) is 0 Å². The van der Waals surface area contributed by atoms with Gasteiger partial charge in [-0.3, -0.25) is 0 Å². The van der Waals surface area contributed by atoms with Crippen molar-refractivity contribution >= 4 is 12.0 Å². The van der Waals surface area contributed by atoms with Gasteiger partial charge in [0.05, 0.1) is 24.8 Å². The number of aromatic nitrogens is 2. The van der Waals surface area contributed by atoms with Crippen LogP contribution in [-0.2, 0) is 9.53 Å². The van der Waals surface area contributed by atoms with Crippen LogP contribution in [0.5, 0.6) is 0 Å². The highest BCUT2D eigenvalue weighted by molar-refractivity contribution is 5.84. The molecule has 1 saturated heterocycles. The summed E-state index contributed by atoms with van der Waals surface area (Å²) < 4.78 is 4.47. The number of aliphatic carboxylic acids is 1. The molecule has 1 aliphatic rings. The number of aliphatic hydroxyl groups excluding tert-OH is 4. The van der Waals surface area contributed by atoms with Crippen molar-refractivity contribution in [1.29, 1.82) is 0 Å². The molecular formula is C11H16N2O7. The summed E-state index contributed by atoms with van der Waals surface area (Å²) in [6.07, 6.45) is 0.286. The quantitative estimate of drug-likeness (QED) is 0.339. The number of nitrogens with one attached hydrogen (secondary N) is 1. The lowest BCUT2D eigenvalue weighted by Crippen LogP contribution is -2.52. The molecule has 0 spiro atoms. The highest BCUT2D eigenvalue weighted by Gasteiger charge is 2.36. The molecule has 9 nitrogen and oxygen atoms in total.